The smallest absolute Gasteiger partial charge is 0.152 e. The van der Waals surface area contributed by atoms with E-state index in [9.17, 15) is 13.2 Å². The Morgan fingerprint density at radius 1 is 1.29 bits per heavy atom. The summed E-state index contributed by atoms with van der Waals surface area (Å²) in [6.07, 6.45) is 1.28. The molecule has 0 unspecified atom stereocenters. The maximum absolute atomic E-state index is 11.3. The third-order valence-corrected chi connectivity index (χ3v) is 3.60. The minimum Gasteiger partial charge on any atom is -0.384 e. The predicted octanol–water partition coefficient (Wildman–Crippen LogP) is 0.807. The van der Waals surface area contributed by atoms with E-state index in [0.29, 0.717) is 19.3 Å². The highest BCUT2D eigenvalue weighted by molar-refractivity contribution is 7.91. The molecule has 0 radical (unpaired) electrons. The number of ketones is 1. The fourth-order valence-corrected chi connectivity index (χ4v) is 2.19. The van der Waals surface area contributed by atoms with Crippen molar-refractivity contribution in [3.8, 4) is 0 Å². The molecule has 4 nitrogen and oxygen atoms in total. The molecule has 0 aliphatic heterocycles. The molecule has 0 aromatic rings. The molecule has 84 valence electrons. The summed E-state index contributed by atoms with van der Waals surface area (Å²) in [6.45, 7) is 2.01. The van der Waals surface area contributed by atoms with Gasteiger partial charge in [-0.05, 0) is 6.42 Å². The number of carbonyl (C=O) groups is 1. The molecule has 0 spiro atoms. The van der Waals surface area contributed by atoms with Gasteiger partial charge in [-0.25, -0.2) is 8.42 Å². The van der Waals surface area contributed by atoms with Crippen molar-refractivity contribution in [2.75, 3.05) is 25.2 Å². The number of sulfone groups is 1. The number of Topliss-reactive ketones (excluding diaryl/α,β-unsaturated/α-hetero) is 1. The summed E-state index contributed by atoms with van der Waals surface area (Å²) >= 11 is 0. The van der Waals surface area contributed by atoms with Crippen LogP contribution in [0.5, 0.6) is 0 Å². The molecule has 0 rings (SSSR count). The highest BCUT2D eigenvalue weighted by Crippen LogP contribution is 2.00. The van der Waals surface area contributed by atoms with Crippen molar-refractivity contribution >= 4 is 15.6 Å². The molecule has 0 fully saturated rings. The molecule has 0 aliphatic rings. The third kappa shape index (κ3) is 7.03. The fourth-order valence-electron chi connectivity index (χ4n) is 0.978. The van der Waals surface area contributed by atoms with Crippen molar-refractivity contribution in [1.29, 1.82) is 0 Å². The minimum absolute atomic E-state index is 0.0455. The first-order valence-corrected chi connectivity index (χ1v) is 6.55. The van der Waals surface area contributed by atoms with Crippen LogP contribution in [-0.2, 0) is 19.4 Å². The van der Waals surface area contributed by atoms with Crippen molar-refractivity contribution in [1.82, 2.24) is 0 Å². The summed E-state index contributed by atoms with van der Waals surface area (Å²) in [5.41, 5.74) is 0. The zero-order chi connectivity index (χ0) is 11.0. The second-order valence-electron chi connectivity index (χ2n) is 3.14. The normalized spacial score (nSPS) is 11.6. The van der Waals surface area contributed by atoms with Crippen molar-refractivity contribution in [3.05, 3.63) is 0 Å². The molecule has 0 N–H and O–H groups in total. The largest absolute Gasteiger partial charge is 0.384 e. The molecule has 0 saturated heterocycles. The van der Waals surface area contributed by atoms with Gasteiger partial charge in [-0.15, -0.1) is 0 Å². The van der Waals surface area contributed by atoms with Gasteiger partial charge >= 0.3 is 0 Å². The lowest BCUT2D eigenvalue weighted by Gasteiger charge is -2.02. The van der Waals surface area contributed by atoms with Crippen LogP contribution in [0.15, 0.2) is 0 Å². The van der Waals surface area contributed by atoms with E-state index in [-0.39, 0.29) is 23.9 Å². The number of methoxy groups -OCH3 is 1. The minimum atomic E-state index is -3.02. The topological polar surface area (TPSA) is 60.4 Å². The molecule has 0 atom stereocenters. The van der Waals surface area contributed by atoms with Gasteiger partial charge in [0.15, 0.2) is 9.84 Å². The van der Waals surface area contributed by atoms with Crippen molar-refractivity contribution in [2.24, 2.45) is 0 Å². The first-order chi connectivity index (χ1) is 6.52. The molecular formula is C9H18O4S. The van der Waals surface area contributed by atoms with Gasteiger partial charge in [0.25, 0.3) is 0 Å². The maximum atomic E-state index is 11.3. The lowest BCUT2D eigenvalue weighted by atomic mass is 10.2. The Bertz CT molecular complexity index is 256. The van der Waals surface area contributed by atoms with E-state index < -0.39 is 9.84 Å². The van der Waals surface area contributed by atoms with E-state index in [1.165, 1.54) is 7.11 Å². The monoisotopic (exact) mass is 222 g/mol. The molecule has 0 saturated carbocycles. The molecule has 0 bridgehead atoms. The first kappa shape index (κ1) is 13.6. The van der Waals surface area contributed by atoms with E-state index >= 15 is 0 Å². The Hall–Kier alpha value is -0.420. The van der Waals surface area contributed by atoms with Crippen LogP contribution in [0.25, 0.3) is 0 Å². The van der Waals surface area contributed by atoms with Crippen LogP contribution in [0.4, 0.5) is 0 Å². The zero-order valence-corrected chi connectivity index (χ0v) is 9.60. The van der Waals surface area contributed by atoms with Crippen LogP contribution in [0.1, 0.15) is 26.2 Å². The van der Waals surface area contributed by atoms with E-state index in [1.807, 2.05) is 0 Å². The number of carbonyl (C=O) groups excluding carboxylic acids is 1. The Kier molecular flexibility index (Phi) is 6.74. The van der Waals surface area contributed by atoms with Gasteiger partial charge in [-0.1, -0.05) is 6.92 Å². The number of ether oxygens (including phenoxy) is 1. The Morgan fingerprint density at radius 3 is 2.43 bits per heavy atom. The summed E-state index contributed by atoms with van der Waals surface area (Å²) in [5.74, 6) is 0.248. The highest BCUT2D eigenvalue weighted by Gasteiger charge is 2.10. The van der Waals surface area contributed by atoms with E-state index in [2.05, 4.69) is 4.74 Å². The Balaban J connectivity index is 3.71. The highest BCUT2D eigenvalue weighted by atomic mass is 32.2. The first-order valence-electron chi connectivity index (χ1n) is 4.73. The van der Waals surface area contributed by atoms with Gasteiger partial charge in [-0.3, -0.25) is 4.79 Å². The second kappa shape index (κ2) is 6.95. The summed E-state index contributed by atoms with van der Waals surface area (Å²) in [7, 11) is -1.56. The van der Waals surface area contributed by atoms with Gasteiger partial charge < -0.3 is 4.74 Å². The quantitative estimate of drug-likeness (QED) is 0.609. The molecule has 0 heterocycles. The number of rotatable bonds is 8. The molecular weight excluding hydrogens is 204 g/mol. The van der Waals surface area contributed by atoms with E-state index in [0.717, 1.165) is 0 Å². The third-order valence-electron chi connectivity index (χ3n) is 1.90. The van der Waals surface area contributed by atoms with Crippen LogP contribution >= 0.6 is 0 Å². The van der Waals surface area contributed by atoms with Gasteiger partial charge in [0.2, 0.25) is 0 Å². The molecule has 14 heavy (non-hydrogen) atoms. The molecule has 5 heteroatoms. The summed E-state index contributed by atoms with van der Waals surface area (Å²) < 4.78 is 27.2. The predicted molar refractivity (Wildman–Crippen MR) is 55.1 cm³/mol. The van der Waals surface area contributed by atoms with Crippen LogP contribution < -0.4 is 0 Å². The maximum Gasteiger partial charge on any atom is 0.152 e. The van der Waals surface area contributed by atoms with Crippen LogP contribution in [0.3, 0.4) is 0 Å². The Morgan fingerprint density at radius 2 is 1.93 bits per heavy atom. The summed E-state index contributed by atoms with van der Waals surface area (Å²) in [5, 5.41) is 0. The molecule has 0 amide bonds. The van der Waals surface area contributed by atoms with Gasteiger partial charge in [0.1, 0.15) is 5.78 Å². The van der Waals surface area contributed by atoms with Gasteiger partial charge in [0, 0.05) is 20.0 Å². The van der Waals surface area contributed by atoms with Gasteiger partial charge in [-0.2, -0.15) is 0 Å². The number of hydrogen-bond donors (Lipinski definition) is 0. The molecule has 0 aromatic carbocycles. The second-order valence-corrected chi connectivity index (χ2v) is 5.44. The average Bonchev–Trinajstić information content (AvgIpc) is 2.14. The van der Waals surface area contributed by atoms with Crippen LogP contribution in [0.2, 0.25) is 0 Å². The standard InChI is InChI=1S/C9H18O4S/c1-3-9(10)5-4-7-14(11,12)8-6-13-2/h3-8H2,1-2H3. The van der Waals surface area contributed by atoms with Crippen molar-refractivity contribution < 1.29 is 17.9 Å². The lowest BCUT2D eigenvalue weighted by molar-refractivity contribution is -0.118. The Labute approximate surface area is 85.6 Å². The fraction of sp³-hybridized carbons (Fsp3) is 0.889. The molecule has 0 aromatic heterocycles. The molecule has 0 aliphatic carbocycles. The van der Waals surface area contributed by atoms with Crippen LogP contribution in [-0.4, -0.2) is 39.4 Å². The van der Waals surface area contributed by atoms with Crippen molar-refractivity contribution in [3.63, 3.8) is 0 Å². The SMILES string of the molecule is CCC(=O)CCCS(=O)(=O)CCOC. The average molecular weight is 222 g/mol. The lowest BCUT2D eigenvalue weighted by Crippen LogP contribution is -2.15. The summed E-state index contributed by atoms with van der Waals surface area (Å²) in [6, 6.07) is 0. The zero-order valence-electron chi connectivity index (χ0n) is 8.78. The van der Waals surface area contributed by atoms with Crippen LogP contribution in [0, 0.1) is 0 Å². The van der Waals surface area contributed by atoms with Crippen molar-refractivity contribution in [2.45, 2.75) is 26.2 Å². The van der Waals surface area contributed by atoms with Gasteiger partial charge in [0.05, 0.1) is 18.1 Å². The van der Waals surface area contributed by atoms with E-state index in [4.69, 9.17) is 0 Å². The number of hydrogen-bond acceptors (Lipinski definition) is 4. The van der Waals surface area contributed by atoms with E-state index in [1.54, 1.807) is 6.92 Å². The summed E-state index contributed by atoms with van der Waals surface area (Å²) in [4.78, 5) is 10.9.